The van der Waals surface area contributed by atoms with Crippen LogP contribution in [-0.4, -0.2) is 43.3 Å². The SMILES string of the molecule is Cc1ccc(S(=O)(=O)N(CC(=O)N(Cc2ccc(Br)cc2)[C@H](Cc2ccccc2)C(=O)NC(C)(C)C)c2ccc(F)cc2)cc1. The van der Waals surface area contributed by atoms with Crippen molar-refractivity contribution in [2.75, 3.05) is 10.8 Å². The van der Waals surface area contributed by atoms with Crippen LogP contribution in [0.4, 0.5) is 10.1 Å². The fraction of sp³-hybridized carbons (Fsp3) is 0.257. The molecule has 0 aliphatic rings. The lowest BCUT2D eigenvalue weighted by Gasteiger charge is -2.35. The lowest BCUT2D eigenvalue weighted by molar-refractivity contribution is -0.140. The van der Waals surface area contributed by atoms with Crippen molar-refractivity contribution in [3.8, 4) is 0 Å². The second kappa shape index (κ2) is 14.4. The Bertz CT molecular complexity index is 1710. The van der Waals surface area contributed by atoms with Crippen LogP contribution in [0.1, 0.15) is 37.5 Å². The fourth-order valence-electron chi connectivity index (χ4n) is 4.77. The van der Waals surface area contributed by atoms with Crippen LogP contribution in [0.5, 0.6) is 0 Å². The molecule has 4 aromatic rings. The molecule has 0 fully saturated rings. The van der Waals surface area contributed by atoms with Crippen LogP contribution < -0.4 is 9.62 Å². The molecule has 0 heterocycles. The maximum absolute atomic E-state index is 14.5. The van der Waals surface area contributed by atoms with Gasteiger partial charge in [-0.25, -0.2) is 12.8 Å². The summed E-state index contributed by atoms with van der Waals surface area (Å²) in [6.45, 7) is 6.84. The molecule has 4 rings (SSSR count). The molecule has 0 unspecified atom stereocenters. The maximum atomic E-state index is 14.5. The molecule has 236 valence electrons. The van der Waals surface area contributed by atoms with E-state index >= 15 is 0 Å². The highest BCUT2D eigenvalue weighted by Crippen LogP contribution is 2.26. The van der Waals surface area contributed by atoms with E-state index in [1.165, 1.54) is 29.2 Å². The van der Waals surface area contributed by atoms with Gasteiger partial charge in [0.05, 0.1) is 10.6 Å². The summed E-state index contributed by atoms with van der Waals surface area (Å²) in [7, 11) is -4.27. The highest BCUT2D eigenvalue weighted by Gasteiger charge is 2.35. The normalized spacial score (nSPS) is 12.3. The van der Waals surface area contributed by atoms with E-state index < -0.39 is 39.9 Å². The van der Waals surface area contributed by atoms with Gasteiger partial charge in [0.15, 0.2) is 0 Å². The molecule has 0 aromatic heterocycles. The van der Waals surface area contributed by atoms with Crippen LogP contribution in [0, 0.1) is 12.7 Å². The van der Waals surface area contributed by atoms with Gasteiger partial charge in [-0.3, -0.25) is 13.9 Å². The third-order valence-corrected chi connectivity index (χ3v) is 9.35. The third-order valence-electron chi connectivity index (χ3n) is 7.04. The minimum atomic E-state index is -4.27. The number of benzene rings is 4. The quantitative estimate of drug-likeness (QED) is 0.191. The molecular formula is C35H37BrFN3O4S. The lowest BCUT2D eigenvalue weighted by atomic mass is 10.0. The van der Waals surface area contributed by atoms with Gasteiger partial charge in [0.25, 0.3) is 10.0 Å². The Morgan fingerprint density at radius 3 is 2.02 bits per heavy atom. The third kappa shape index (κ3) is 9.25. The number of nitrogens with one attached hydrogen (secondary N) is 1. The number of amides is 2. The van der Waals surface area contributed by atoms with E-state index in [2.05, 4.69) is 21.2 Å². The van der Waals surface area contributed by atoms with Gasteiger partial charge in [-0.15, -0.1) is 0 Å². The Morgan fingerprint density at radius 2 is 1.44 bits per heavy atom. The number of halogens is 2. The van der Waals surface area contributed by atoms with Gasteiger partial charge >= 0.3 is 0 Å². The Kier molecular flexibility index (Phi) is 10.8. The largest absolute Gasteiger partial charge is 0.350 e. The molecule has 0 saturated heterocycles. The Balaban J connectivity index is 1.81. The van der Waals surface area contributed by atoms with E-state index in [0.717, 1.165) is 37.6 Å². The molecular weight excluding hydrogens is 657 g/mol. The first kappa shape index (κ1) is 33.9. The van der Waals surface area contributed by atoms with Crippen LogP contribution in [0.2, 0.25) is 0 Å². The molecule has 4 aromatic carbocycles. The number of hydrogen-bond acceptors (Lipinski definition) is 4. The second-order valence-corrected chi connectivity index (χ2v) is 14.7. The van der Waals surface area contributed by atoms with Crippen LogP contribution in [0.3, 0.4) is 0 Å². The monoisotopic (exact) mass is 693 g/mol. The summed E-state index contributed by atoms with van der Waals surface area (Å²) in [5.41, 5.74) is 1.99. The van der Waals surface area contributed by atoms with Gasteiger partial charge in [0, 0.05) is 23.0 Å². The van der Waals surface area contributed by atoms with E-state index in [0.29, 0.717) is 0 Å². The van der Waals surface area contributed by atoms with Crippen molar-refractivity contribution in [3.63, 3.8) is 0 Å². The van der Waals surface area contributed by atoms with Gasteiger partial charge in [0.1, 0.15) is 18.4 Å². The first-order chi connectivity index (χ1) is 21.2. The number of carbonyl (C=O) groups excluding carboxylic acids is 2. The molecule has 0 saturated carbocycles. The molecule has 1 N–H and O–H groups in total. The lowest BCUT2D eigenvalue weighted by Crippen LogP contribution is -2.56. The Labute approximate surface area is 273 Å². The summed E-state index contributed by atoms with van der Waals surface area (Å²) in [5.74, 6) is -1.51. The van der Waals surface area contributed by atoms with Crippen molar-refractivity contribution < 1.29 is 22.4 Å². The summed E-state index contributed by atoms with van der Waals surface area (Å²) in [6.07, 6.45) is 0.201. The average Bonchev–Trinajstić information content (AvgIpc) is 2.99. The summed E-state index contributed by atoms with van der Waals surface area (Å²) < 4.78 is 43.8. The van der Waals surface area contributed by atoms with Crippen LogP contribution in [0.15, 0.2) is 112 Å². The predicted molar refractivity (Wildman–Crippen MR) is 179 cm³/mol. The number of aryl methyl sites for hydroxylation is 1. The standard InChI is InChI=1S/C35H37BrFN3O4S/c1-25-10-20-31(21-11-25)45(43,44)40(30-18-16-29(37)17-19-30)24-33(41)39(23-27-12-14-28(36)15-13-27)32(34(42)38-35(2,3)4)22-26-8-6-5-7-9-26/h5-21,32H,22-24H2,1-4H3,(H,38,42)/t32-/m1/s1. The first-order valence-corrected chi connectivity index (χ1v) is 16.7. The van der Waals surface area contributed by atoms with E-state index in [4.69, 9.17) is 0 Å². The van der Waals surface area contributed by atoms with Crippen LogP contribution in [0.25, 0.3) is 0 Å². The molecule has 10 heteroatoms. The second-order valence-electron chi connectivity index (χ2n) is 11.9. The number of sulfonamides is 1. The number of anilines is 1. The van der Waals surface area contributed by atoms with Gasteiger partial charge < -0.3 is 10.2 Å². The van der Waals surface area contributed by atoms with E-state index in [-0.39, 0.29) is 29.5 Å². The number of nitrogens with zero attached hydrogens (tertiary/aromatic N) is 2. The molecule has 0 radical (unpaired) electrons. The van der Waals surface area contributed by atoms with Gasteiger partial charge in [-0.05, 0) is 87.4 Å². The van der Waals surface area contributed by atoms with Gasteiger partial charge in [-0.2, -0.15) is 0 Å². The van der Waals surface area contributed by atoms with Crippen molar-refractivity contribution >= 4 is 43.5 Å². The molecule has 2 amide bonds. The minimum absolute atomic E-state index is 0.0176. The molecule has 45 heavy (non-hydrogen) atoms. The molecule has 0 spiro atoms. The van der Waals surface area contributed by atoms with Crippen LogP contribution in [-0.2, 0) is 32.6 Å². The van der Waals surface area contributed by atoms with Crippen LogP contribution >= 0.6 is 15.9 Å². The summed E-state index contributed by atoms with van der Waals surface area (Å²) >= 11 is 3.44. The zero-order valence-electron chi connectivity index (χ0n) is 25.7. The highest BCUT2D eigenvalue weighted by atomic mass is 79.9. The number of carbonyl (C=O) groups is 2. The molecule has 1 atom stereocenters. The van der Waals surface area contributed by atoms with Gasteiger partial charge in [-0.1, -0.05) is 76.1 Å². The minimum Gasteiger partial charge on any atom is -0.350 e. The first-order valence-electron chi connectivity index (χ1n) is 14.5. The predicted octanol–water partition coefficient (Wildman–Crippen LogP) is 6.65. The smallest absolute Gasteiger partial charge is 0.264 e. The van der Waals surface area contributed by atoms with Crippen molar-refractivity contribution in [2.24, 2.45) is 0 Å². The fourth-order valence-corrected chi connectivity index (χ4v) is 6.45. The maximum Gasteiger partial charge on any atom is 0.264 e. The zero-order chi connectivity index (χ0) is 32.8. The molecule has 7 nitrogen and oxygen atoms in total. The average molecular weight is 695 g/mol. The summed E-state index contributed by atoms with van der Waals surface area (Å²) in [5, 5.41) is 3.01. The molecule has 0 aliphatic carbocycles. The van der Waals surface area contributed by atoms with Crippen molar-refractivity contribution in [1.29, 1.82) is 0 Å². The van der Waals surface area contributed by atoms with E-state index in [1.54, 1.807) is 12.1 Å². The number of hydrogen-bond donors (Lipinski definition) is 1. The number of rotatable bonds is 11. The highest BCUT2D eigenvalue weighted by molar-refractivity contribution is 9.10. The zero-order valence-corrected chi connectivity index (χ0v) is 28.1. The Hall–Kier alpha value is -4.02. The molecule has 0 aliphatic heterocycles. The topological polar surface area (TPSA) is 86.8 Å². The Morgan fingerprint density at radius 1 is 0.844 bits per heavy atom. The summed E-state index contributed by atoms with van der Waals surface area (Å²) in [4.78, 5) is 29.8. The van der Waals surface area contributed by atoms with Crippen molar-refractivity contribution in [1.82, 2.24) is 10.2 Å². The van der Waals surface area contributed by atoms with E-state index in [1.807, 2.05) is 82.3 Å². The molecule has 0 bridgehead atoms. The van der Waals surface area contributed by atoms with Crippen molar-refractivity contribution in [2.45, 2.75) is 57.1 Å². The van der Waals surface area contributed by atoms with Crippen molar-refractivity contribution in [3.05, 3.63) is 130 Å². The van der Waals surface area contributed by atoms with Gasteiger partial charge in [0.2, 0.25) is 11.8 Å². The summed E-state index contributed by atoms with van der Waals surface area (Å²) in [6, 6.07) is 27.0. The van der Waals surface area contributed by atoms with E-state index in [9.17, 15) is 22.4 Å².